The average molecular weight is 488 g/mol. The molecule has 0 saturated heterocycles. The second-order valence-corrected chi connectivity index (χ2v) is 7.49. The third kappa shape index (κ3) is 5.82. The molecule has 2 aromatic heterocycles. The van der Waals surface area contributed by atoms with E-state index < -0.39 is 5.97 Å². The molecule has 9 nitrogen and oxygen atoms in total. The summed E-state index contributed by atoms with van der Waals surface area (Å²) in [5, 5.41) is 4.10. The van der Waals surface area contributed by atoms with Gasteiger partial charge in [0.2, 0.25) is 5.76 Å². The lowest BCUT2D eigenvalue weighted by Crippen LogP contribution is -2.19. The van der Waals surface area contributed by atoms with Gasteiger partial charge >= 0.3 is 5.97 Å². The maximum Gasteiger partial charge on any atom is 0.373 e. The van der Waals surface area contributed by atoms with Gasteiger partial charge in [-0.25, -0.2) is 10.2 Å². The molecule has 4 rings (SSSR count). The van der Waals surface area contributed by atoms with Crippen LogP contribution in [0.4, 0.5) is 0 Å². The van der Waals surface area contributed by atoms with E-state index in [1.54, 1.807) is 36.4 Å². The first-order valence-electron chi connectivity index (χ1n) is 11.2. The number of aromatic nitrogens is 1. The Morgan fingerprint density at radius 2 is 1.81 bits per heavy atom. The minimum absolute atomic E-state index is 0.0986. The number of para-hydroxylation sites is 1. The molecular weight excluding hydrogens is 462 g/mol. The molecule has 0 saturated carbocycles. The smallest absolute Gasteiger partial charge is 0.373 e. The van der Waals surface area contributed by atoms with E-state index in [0.29, 0.717) is 35.0 Å². The van der Waals surface area contributed by atoms with Crippen LogP contribution in [-0.4, -0.2) is 36.4 Å². The summed E-state index contributed by atoms with van der Waals surface area (Å²) in [5.41, 5.74) is 4.53. The largest absolute Gasteiger partial charge is 0.490 e. The van der Waals surface area contributed by atoms with Crippen LogP contribution in [-0.2, 0) is 11.3 Å². The first kappa shape index (κ1) is 24.3. The zero-order chi connectivity index (χ0) is 25.3. The summed E-state index contributed by atoms with van der Waals surface area (Å²) < 4.78 is 23.4. The second-order valence-electron chi connectivity index (χ2n) is 7.49. The molecule has 1 N–H and O–H groups in total. The number of ether oxygens (including phenoxy) is 3. The molecule has 4 aromatic rings. The first-order chi connectivity index (χ1) is 17.6. The van der Waals surface area contributed by atoms with Crippen LogP contribution < -0.4 is 14.9 Å². The lowest BCUT2D eigenvalue weighted by atomic mass is 10.1. The highest BCUT2D eigenvalue weighted by Crippen LogP contribution is 2.29. The molecule has 0 aliphatic rings. The molecule has 36 heavy (non-hydrogen) atoms. The third-order valence-electron chi connectivity index (χ3n) is 5.10. The first-order valence-corrected chi connectivity index (χ1v) is 11.2. The minimum atomic E-state index is -0.555. The van der Waals surface area contributed by atoms with Crippen molar-refractivity contribution in [2.24, 2.45) is 5.10 Å². The molecule has 184 valence electrons. The van der Waals surface area contributed by atoms with Crippen molar-refractivity contribution in [1.29, 1.82) is 0 Å². The SMILES string of the molecule is CCOc1cc(C=NNC(=O)c2ccccc2-n2cccc2)ccc1OCc1ccc(C(=O)OC)o1. The number of nitrogens with zero attached hydrogens (tertiary/aromatic N) is 2. The Balaban J connectivity index is 1.42. The van der Waals surface area contributed by atoms with Gasteiger partial charge in [-0.2, -0.15) is 5.10 Å². The number of carbonyl (C=O) groups excluding carboxylic acids is 2. The van der Waals surface area contributed by atoms with Gasteiger partial charge < -0.3 is 23.2 Å². The Morgan fingerprint density at radius 1 is 1.00 bits per heavy atom. The van der Waals surface area contributed by atoms with Crippen molar-refractivity contribution in [3.05, 3.63) is 102 Å². The van der Waals surface area contributed by atoms with Crippen molar-refractivity contribution >= 4 is 18.1 Å². The monoisotopic (exact) mass is 487 g/mol. The summed E-state index contributed by atoms with van der Waals surface area (Å²) in [6.07, 6.45) is 5.27. The number of methoxy groups -OCH3 is 1. The van der Waals surface area contributed by atoms with E-state index in [-0.39, 0.29) is 18.3 Å². The number of hydrazone groups is 1. The number of hydrogen-bond donors (Lipinski definition) is 1. The lowest BCUT2D eigenvalue weighted by molar-refractivity contribution is 0.0560. The van der Waals surface area contributed by atoms with Gasteiger partial charge in [0.1, 0.15) is 12.4 Å². The maximum atomic E-state index is 12.7. The van der Waals surface area contributed by atoms with E-state index in [1.165, 1.54) is 19.4 Å². The molecule has 0 fully saturated rings. The molecule has 0 atom stereocenters. The van der Waals surface area contributed by atoms with Gasteiger partial charge in [-0.15, -0.1) is 0 Å². The van der Waals surface area contributed by atoms with Gasteiger partial charge in [0, 0.05) is 12.4 Å². The van der Waals surface area contributed by atoms with Crippen LogP contribution in [0, 0.1) is 0 Å². The van der Waals surface area contributed by atoms with Crippen LogP contribution in [0.25, 0.3) is 5.69 Å². The molecule has 0 radical (unpaired) electrons. The van der Waals surface area contributed by atoms with Crippen LogP contribution in [0.1, 0.15) is 39.2 Å². The van der Waals surface area contributed by atoms with Gasteiger partial charge in [0.15, 0.2) is 11.5 Å². The highest BCUT2D eigenvalue weighted by atomic mass is 16.5. The Labute approximate surface area is 207 Å². The second kappa shape index (κ2) is 11.6. The summed E-state index contributed by atoms with van der Waals surface area (Å²) in [6.45, 7) is 2.39. The van der Waals surface area contributed by atoms with Gasteiger partial charge in [0.25, 0.3) is 5.91 Å². The lowest BCUT2D eigenvalue weighted by Gasteiger charge is -2.12. The zero-order valence-electron chi connectivity index (χ0n) is 19.8. The minimum Gasteiger partial charge on any atom is -0.490 e. The number of carbonyl (C=O) groups is 2. The van der Waals surface area contributed by atoms with Crippen molar-refractivity contribution in [3.63, 3.8) is 0 Å². The van der Waals surface area contributed by atoms with Crippen molar-refractivity contribution in [1.82, 2.24) is 9.99 Å². The molecule has 0 aliphatic heterocycles. The van der Waals surface area contributed by atoms with Gasteiger partial charge in [-0.1, -0.05) is 12.1 Å². The van der Waals surface area contributed by atoms with E-state index in [0.717, 1.165) is 5.69 Å². The molecule has 1 amide bonds. The van der Waals surface area contributed by atoms with E-state index in [9.17, 15) is 9.59 Å². The van der Waals surface area contributed by atoms with Gasteiger partial charge in [-0.05, 0) is 67.1 Å². The molecule has 9 heteroatoms. The number of hydrogen-bond acceptors (Lipinski definition) is 7. The highest BCUT2D eigenvalue weighted by Gasteiger charge is 2.13. The predicted octanol–water partition coefficient (Wildman–Crippen LogP) is 4.60. The van der Waals surface area contributed by atoms with Crippen molar-refractivity contribution in [2.75, 3.05) is 13.7 Å². The van der Waals surface area contributed by atoms with Gasteiger partial charge in [0.05, 0.1) is 31.2 Å². The summed E-state index contributed by atoms with van der Waals surface area (Å²) in [6, 6.07) is 19.5. The number of furan rings is 1. The average Bonchev–Trinajstić information content (AvgIpc) is 3.61. The van der Waals surface area contributed by atoms with Gasteiger partial charge in [-0.3, -0.25) is 4.79 Å². The van der Waals surface area contributed by atoms with Crippen LogP contribution in [0.15, 0.2) is 88.6 Å². The fourth-order valence-electron chi connectivity index (χ4n) is 3.42. The molecule has 0 unspecified atom stereocenters. The van der Waals surface area contributed by atoms with Crippen molar-refractivity contribution in [2.45, 2.75) is 13.5 Å². The number of esters is 1. The molecular formula is C27H25N3O6. The fourth-order valence-corrected chi connectivity index (χ4v) is 3.42. The zero-order valence-corrected chi connectivity index (χ0v) is 19.8. The summed E-state index contributed by atoms with van der Waals surface area (Å²) >= 11 is 0. The Morgan fingerprint density at radius 3 is 2.58 bits per heavy atom. The summed E-state index contributed by atoms with van der Waals surface area (Å²) in [5.74, 6) is 0.683. The number of benzene rings is 2. The molecule has 0 aliphatic carbocycles. The van der Waals surface area contributed by atoms with E-state index in [4.69, 9.17) is 13.9 Å². The molecule has 0 spiro atoms. The van der Waals surface area contributed by atoms with E-state index in [2.05, 4.69) is 15.3 Å². The van der Waals surface area contributed by atoms with E-state index in [1.807, 2.05) is 48.1 Å². The van der Waals surface area contributed by atoms with Crippen LogP contribution >= 0.6 is 0 Å². The Hall–Kier alpha value is -4.79. The fraction of sp³-hybridized carbons (Fsp3) is 0.148. The number of rotatable bonds is 10. The maximum absolute atomic E-state index is 12.7. The number of nitrogens with one attached hydrogen (secondary N) is 1. The number of amides is 1. The topological polar surface area (TPSA) is 104 Å². The van der Waals surface area contributed by atoms with Crippen LogP contribution in [0.2, 0.25) is 0 Å². The Kier molecular flexibility index (Phi) is 7.82. The van der Waals surface area contributed by atoms with Crippen molar-refractivity contribution < 1.29 is 28.2 Å². The van der Waals surface area contributed by atoms with E-state index >= 15 is 0 Å². The quantitative estimate of drug-likeness (QED) is 0.199. The molecule has 0 bridgehead atoms. The normalized spacial score (nSPS) is 10.8. The summed E-state index contributed by atoms with van der Waals surface area (Å²) in [4.78, 5) is 24.3. The standard InChI is InChI=1S/C27H25N3O6/c1-3-34-25-16-19(10-12-23(25)35-18-20-11-13-24(36-20)27(32)33-2)17-28-29-26(31)21-8-4-5-9-22(21)30-14-6-7-15-30/h4-17H,3,18H2,1-2H3,(H,29,31). The van der Waals surface area contributed by atoms with Crippen molar-refractivity contribution in [3.8, 4) is 17.2 Å². The molecule has 2 heterocycles. The van der Waals surface area contributed by atoms with Crippen LogP contribution in [0.5, 0.6) is 11.5 Å². The highest BCUT2D eigenvalue weighted by molar-refractivity contribution is 5.98. The third-order valence-corrected chi connectivity index (χ3v) is 5.10. The Bertz CT molecular complexity index is 1360. The molecule has 2 aromatic carbocycles. The summed E-state index contributed by atoms with van der Waals surface area (Å²) in [7, 11) is 1.29. The predicted molar refractivity (Wildman–Crippen MR) is 133 cm³/mol. The van der Waals surface area contributed by atoms with Crippen LogP contribution in [0.3, 0.4) is 0 Å².